The van der Waals surface area contributed by atoms with Gasteiger partial charge >= 0.3 is 0 Å². The zero-order valence-electron chi connectivity index (χ0n) is 16.5. The smallest absolute Gasteiger partial charge is 0.251 e. The van der Waals surface area contributed by atoms with E-state index >= 15 is 0 Å². The first-order valence-corrected chi connectivity index (χ1v) is 10.6. The Morgan fingerprint density at radius 3 is 2.39 bits per heavy atom. The van der Waals surface area contributed by atoms with Crippen LogP contribution in [0.1, 0.15) is 54.6 Å². The van der Waals surface area contributed by atoms with Crippen LogP contribution in [0.5, 0.6) is 5.75 Å². The molecule has 28 heavy (non-hydrogen) atoms. The predicted molar refractivity (Wildman–Crippen MR) is 114 cm³/mol. The molecule has 1 fully saturated rings. The standard InChI is InChI=1S/C23H29ClN2O2/c1-2-28-19-13-11-18(12-14-19)23(27)25-17-22(20-9-5-6-10-21(20)24)26-15-7-3-4-8-16-26/h5-6,9-14,22H,2-4,7-8,15-17H2,1H3,(H,25,27). The summed E-state index contributed by atoms with van der Waals surface area (Å²) >= 11 is 6.51. The van der Waals surface area contributed by atoms with Gasteiger partial charge < -0.3 is 10.1 Å². The molecule has 1 aliphatic heterocycles. The van der Waals surface area contributed by atoms with Gasteiger partial charge in [0.15, 0.2) is 0 Å². The van der Waals surface area contributed by atoms with Gasteiger partial charge in [0.25, 0.3) is 5.91 Å². The number of ether oxygens (including phenoxy) is 1. The molecule has 0 aliphatic carbocycles. The highest BCUT2D eigenvalue weighted by Gasteiger charge is 2.24. The molecule has 1 unspecified atom stereocenters. The van der Waals surface area contributed by atoms with E-state index in [-0.39, 0.29) is 11.9 Å². The van der Waals surface area contributed by atoms with Crippen molar-refractivity contribution >= 4 is 17.5 Å². The predicted octanol–water partition coefficient (Wildman–Crippen LogP) is 5.09. The van der Waals surface area contributed by atoms with Crippen molar-refractivity contribution in [2.75, 3.05) is 26.2 Å². The molecule has 1 heterocycles. The number of nitrogens with one attached hydrogen (secondary N) is 1. The monoisotopic (exact) mass is 400 g/mol. The molecule has 2 aromatic rings. The molecule has 0 radical (unpaired) electrons. The van der Waals surface area contributed by atoms with Crippen LogP contribution >= 0.6 is 11.6 Å². The van der Waals surface area contributed by atoms with E-state index in [9.17, 15) is 4.79 Å². The number of carbonyl (C=O) groups is 1. The molecular formula is C23H29ClN2O2. The average molecular weight is 401 g/mol. The van der Waals surface area contributed by atoms with Gasteiger partial charge in [-0.25, -0.2) is 0 Å². The Morgan fingerprint density at radius 2 is 1.75 bits per heavy atom. The molecule has 0 bridgehead atoms. The lowest BCUT2D eigenvalue weighted by atomic mass is 10.0. The third-order valence-electron chi connectivity index (χ3n) is 5.23. The van der Waals surface area contributed by atoms with E-state index in [1.807, 2.05) is 37.3 Å². The van der Waals surface area contributed by atoms with Crippen LogP contribution in [0.15, 0.2) is 48.5 Å². The van der Waals surface area contributed by atoms with Crippen molar-refractivity contribution in [2.24, 2.45) is 0 Å². The Balaban J connectivity index is 1.72. The van der Waals surface area contributed by atoms with E-state index in [1.165, 1.54) is 25.7 Å². The van der Waals surface area contributed by atoms with Crippen LogP contribution in [-0.2, 0) is 0 Å². The Hall–Kier alpha value is -2.04. The molecular weight excluding hydrogens is 372 g/mol. The summed E-state index contributed by atoms with van der Waals surface area (Å²) in [6.45, 7) is 5.17. The summed E-state index contributed by atoms with van der Waals surface area (Å²) in [7, 11) is 0. The fourth-order valence-corrected chi connectivity index (χ4v) is 4.01. The van der Waals surface area contributed by atoms with Crippen molar-refractivity contribution in [3.05, 3.63) is 64.7 Å². The normalized spacial score (nSPS) is 16.2. The lowest BCUT2D eigenvalue weighted by molar-refractivity contribution is 0.0933. The Morgan fingerprint density at radius 1 is 1.07 bits per heavy atom. The molecule has 2 aromatic carbocycles. The van der Waals surface area contributed by atoms with Gasteiger partial charge in [-0.3, -0.25) is 9.69 Å². The van der Waals surface area contributed by atoms with Gasteiger partial charge in [-0.2, -0.15) is 0 Å². The zero-order valence-corrected chi connectivity index (χ0v) is 17.3. The SMILES string of the molecule is CCOc1ccc(C(=O)NCC(c2ccccc2Cl)N2CCCCCC2)cc1. The Kier molecular flexibility index (Phi) is 7.75. The minimum absolute atomic E-state index is 0.0741. The van der Waals surface area contributed by atoms with Crippen molar-refractivity contribution in [1.29, 1.82) is 0 Å². The number of rotatable bonds is 7. The van der Waals surface area contributed by atoms with Gasteiger partial charge in [-0.15, -0.1) is 0 Å². The van der Waals surface area contributed by atoms with Crippen LogP contribution < -0.4 is 10.1 Å². The largest absolute Gasteiger partial charge is 0.494 e. The third-order valence-corrected chi connectivity index (χ3v) is 5.57. The second-order valence-electron chi connectivity index (χ2n) is 7.15. The van der Waals surface area contributed by atoms with Gasteiger partial charge in [0.05, 0.1) is 12.6 Å². The van der Waals surface area contributed by atoms with E-state index in [2.05, 4.69) is 16.3 Å². The van der Waals surface area contributed by atoms with Crippen LogP contribution in [0.4, 0.5) is 0 Å². The summed E-state index contributed by atoms with van der Waals surface area (Å²) in [5.74, 6) is 0.701. The third kappa shape index (κ3) is 5.49. The number of amides is 1. The molecule has 150 valence electrons. The second-order valence-corrected chi connectivity index (χ2v) is 7.56. The zero-order chi connectivity index (χ0) is 19.8. The van der Waals surface area contributed by atoms with Crippen molar-refractivity contribution < 1.29 is 9.53 Å². The molecule has 0 aromatic heterocycles. The molecule has 1 aliphatic rings. The van der Waals surface area contributed by atoms with Crippen LogP contribution in [-0.4, -0.2) is 37.0 Å². The number of hydrogen-bond acceptors (Lipinski definition) is 3. The molecule has 0 spiro atoms. The molecule has 1 saturated heterocycles. The second kappa shape index (κ2) is 10.5. The molecule has 1 N–H and O–H groups in total. The molecule has 1 amide bonds. The van der Waals surface area contributed by atoms with E-state index in [0.29, 0.717) is 18.7 Å². The van der Waals surface area contributed by atoms with Crippen molar-refractivity contribution in [3.63, 3.8) is 0 Å². The molecule has 0 saturated carbocycles. The number of hydrogen-bond donors (Lipinski definition) is 1. The van der Waals surface area contributed by atoms with Crippen molar-refractivity contribution in [2.45, 2.75) is 38.6 Å². The van der Waals surface area contributed by atoms with E-state index in [0.717, 1.165) is 29.4 Å². The van der Waals surface area contributed by atoms with Gasteiger partial charge in [-0.05, 0) is 68.8 Å². The number of likely N-dealkylation sites (tertiary alicyclic amines) is 1. The minimum Gasteiger partial charge on any atom is -0.494 e. The summed E-state index contributed by atoms with van der Waals surface area (Å²) in [6, 6.07) is 15.3. The first-order chi connectivity index (χ1) is 13.7. The van der Waals surface area contributed by atoms with E-state index in [1.54, 1.807) is 12.1 Å². The van der Waals surface area contributed by atoms with Crippen molar-refractivity contribution in [3.8, 4) is 5.75 Å². The summed E-state index contributed by atoms with van der Waals surface area (Å²) in [4.78, 5) is 15.1. The highest BCUT2D eigenvalue weighted by molar-refractivity contribution is 6.31. The van der Waals surface area contributed by atoms with Crippen molar-refractivity contribution in [1.82, 2.24) is 10.2 Å². The number of benzene rings is 2. The lowest BCUT2D eigenvalue weighted by Gasteiger charge is -2.31. The quantitative estimate of drug-likeness (QED) is 0.704. The van der Waals surface area contributed by atoms with Crippen LogP contribution in [0.2, 0.25) is 5.02 Å². The first kappa shape index (κ1) is 20.7. The van der Waals surface area contributed by atoms with Gasteiger partial charge in [-0.1, -0.05) is 42.6 Å². The van der Waals surface area contributed by atoms with E-state index < -0.39 is 0 Å². The summed E-state index contributed by atoms with van der Waals surface area (Å²) < 4.78 is 5.45. The average Bonchev–Trinajstić information content (AvgIpc) is 2.99. The summed E-state index contributed by atoms with van der Waals surface area (Å²) in [5.41, 5.74) is 1.72. The fourth-order valence-electron chi connectivity index (χ4n) is 3.75. The fraction of sp³-hybridized carbons (Fsp3) is 0.435. The minimum atomic E-state index is -0.0741. The number of halogens is 1. The summed E-state index contributed by atoms with van der Waals surface area (Å²) in [6.07, 6.45) is 4.91. The molecule has 1 atom stereocenters. The molecule has 3 rings (SSSR count). The highest BCUT2D eigenvalue weighted by atomic mass is 35.5. The van der Waals surface area contributed by atoms with Crippen LogP contribution in [0.25, 0.3) is 0 Å². The maximum atomic E-state index is 12.7. The van der Waals surface area contributed by atoms with Gasteiger partial charge in [0.1, 0.15) is 5.75 Å². The Bertz CT molecular complexity index is 755. The maximum absolute atomic E-state index is 12.7. The number of nitrogens with zero attached hydrogens (tertiary/aromatic N) is 1. The first-order valence-electron chi connectivity index (χ1n) is 10.2. The lowest BCUT2D eigenvalue weighted by Crippen LogP contribution is -2.38. The highest BCUT2D eigenvalue weighted by Crippen LogP contribution is 2.29. The molecule has 5 heteroatoms. The van der Waals surface area contributed by atoms with Crippen LogP contribution in [0.3, 0.4) is 0 Å². The van der Waals surface area contributed by atoms with Gasteiger partial charge in [0, 0.05) is 17.1 Å². The van der Waals surface area contributed by atoms with Crippen LogP contribution in [0, 0.1) is 0 Å². The van der Waals surface area contributed by atoms with E-state index in [4.69, 9.17) is 16.3 Å². The topological polar surface area (TPSA) is 41.6 Å². The maximum Gasteiger partial charge on any atom is 0.251 e. The molecule has 4 nitrogen and oxygen atoms in total. The Labute approximate surface area is 172 Å². The summed E-state index contributed by atoms with van der Waals surface area (Å²) in [5, 5.41) is 3.87. The number of carbonyl (C=O) groups excluding carboxylic acids is 1. The van der Waals surface area contributed by atoms with Gasteiger partial charge in [0.2, 0.25) is 0 Å².